The topological polar surface area (TPSA) is 131 Å². The molecule has 0 spiro atoms. The van der Waals surface area contributed by atoms with Crippen LogP contribution in [0.5, 0.6) is 0 Å². The SMILES string of the molecule is CC1CN(c2cc(=O)n3nc(-c4cncc(NC(=O)CN)c4)sc3n2)CCN1. The molecule has 1 aliphatic rings. The van der Waals surface area contributed by atoms with E-state index >= 15 is 0 Å². The molecular weight excluding hydrogens is 380 g/mol. The minimum Gasteiger partial charge on any atom is -0.354 e. The quantitative estimate of drug-likeness (QED) is 0.554. The van der Waals surface area contributed by atoms with Gasteiger partial charge < -0.3 is 21.3 Å². The molecule has 1 fully saturated rings. The smallest absolute Gasteiger partial charge is 0.277 e. The van der Waals surface area contributed by atoms with Crippen molar-refractivity contribution in [3.8, 4) is 10.6 Å². The molecule has 1 amide bonds. The Balaban J connectivity index is 1.68. The van der Waals surface area contributed by atoms with Crippen molar-refractivity contribution < 1.29 is 4.79 Å². The summed E-state index contributed by atoms with van der Waals surface area (Å²) in [6, 6.07) is 3.59. The van der Waals surface area contributed by atoms with Crippen molar-refractivity contribution in [1.82, 2.24) is 24.9 Å². The molecule has 0 aromatic carbocycles. The third-order valence-electron chi connectivity index (χ3n) is 4.38. The number of nitrogens with zero attached hydrogens (tertiary/aromatic N) is 5. The van der Waals surface area contributed by atoms with E-state index in [0.29, 0.717) is 33.1 Å². The summed E-state index contributed by atoms with van der Waals surface area (Å²) in [7, 11) is 0. The summed E-state index contributed by atoms with van der Waals surface area (Å²) in [4.78, 5) is 35.4. The first kappa shape index (κ1) is 18.5. The largest absolute Gasteiger partial charge is 0.354 e. The number of nitrogens with two attached hydrogens (primary N) is 1. The van der Waals surface area contributed by atoms with Gasteiger partial charge in [0.05, 0.1) is 18.4 Å². The summed E-state index contributed by atoms with van der Waals surface area (Å²) in [6.07, 6.45) is 3.15. The predicted molar refractivity (Wildman–Crippen MR) is 108 cm³/mol. The zero-order valence-electron chi connectivity index (χ0n) is 15.3. The molecule has 0 aliphatic carbocycles. The summed E-state index contributed by atoms with van der Waals surface area (Å²) in [5.74, 6) is 0.353. The third-order valence-corrected chi connectivity index (χ3v) is 5.34. The van der Waals surface area contributed by atoms with Gasteiger partial charge in [0.2, 0.25) is 10.9 Å². The Kier molecular flexibility index (Phi) is 5.03. The summed E-state index contributed by atoms with van der Waals surface area (Å²) in [5, 5.41) is 11.0. The lowest BCUT2D eigenvalue weighted by molar-refractivity contribution is -0.114. The van der Waals surface area contributed by atoms with E-state index < -0.39 is 0 Å². The van der Waals surface area contributed by atoms with Crippen LogP contribution in [-0.4, -0.2) is 57.7 Å². The van der Waals surface area contributed by atoms with Crippen LogP contribution in [0.3, 0.4) is 0 Å². The number of rotatable bonds is 4. The number of piperazine rings is 1. The van der Waals surface area contributed by atoms with Gasteiger partial charge in [-0.3, -0.25) is 14.6 Å². The molecule has 10 nitrogen and oxygen atoms in total. The molecule has 0 bridgehead atoms. The fourth-order valence-corrected chi connectivity index (χ4v) is 3.94. The van der Waals surface area contributed by atoms with Crippen LogP contribution < -0.4 is 26.8 Å². The maximum Gasteiger partial charge on any atom is 0.277 e. The Morgan fingerprint density at radius 3 is 3.07 bits per heavy atom. The van der Waals surface area contributed by atoms with Gasteiger partial charge in [0.1, 0.15) is 10.8 Å². The minimum absolute atomic E-state index is 0.113. The number of hydrogen-bond donors (Lipinski definition) is 3. The molecule has 4 N–H and O–H groups in total. The van der Waals surface area contributed by atoms with E-state index in [1.165, 1.54) is 28.1 Å². The molecule has 3 aromatic heterocycles. The van der Waals surface area contributed by atoms with E-state index in [0.717, 1.165) is 19.6 Å². The highest BCUT2D eigenvalue weighted by Crippen LogP contribution is 2.26. The van der Waals surface area contributed by atoms with Crippen molar-refractivity contribution in [2.45, 2.75) is 13.0 Å². The first-order valence-electron chi connectivity index (χ1n) is 8.88. The molecular formula is C17H20N8O2S. The predicted octanol–water partition coefficient (Wildman–Crippen LogP) is -0.0917. The van der Waals surface area contributed by atoms with E-state index in [1.807, 2.05) is 0 Å². The normalized spacial score (nSPS) is 17.1. The number of carbonyl (C=O) groups excluding carboxylic acids is 1. The molecule has 11 heteroatoms. The second-order valence-corrected chi connectivity index (χ2v) is 7.53. The highest BCUT2D eigenvalue weighted by molar-refractivity contribution is 7.19. The van der Waals surface area contributed by atoms with Gasteiger partial charge in [0.25, 0.3) is 5.56 Å². The molecule has 4 heterocycles. The molecule has 28 heavy (non-hydrogen) atoms. The lowest BCUT2D eigenvalue weighted by atomic mass is 10.2. The maximum atomic E-state index is 12.6. The van der Waals surface area contributed by atoms with Crippen LogP contribution in [0.25, 0.3) is 15.5 Å². The molecule has 1 atom stereocenters. The van der Waals surface area contributed by atoms with Crippen molar-refractivity contribution in [2.24, 2.45) is 5.73 Å². The van der Waals surface area contributed by atoms with E-state index in [9.17, 15) is 9.59 Å². The molecule has 1 aliphatic heterocycles. The van der Waals surface area contributed by atoms with Crippen LogP contribution in [0.1, 0.15) is 6.92 Å². The highest BCUT2D eigenvalue weighted by atomic mass is 32.1. The van der Waals surface area contributed by atoms with Crippen LogP contribution >= 0.6 is 11.3 Å². The lowest BCUT2D eigenvalue weighted by Crippen LogP contribution is -2.49. The average molecular weight is 400 g/mol. The highest BCUT2D eigenvalue weighted by Gasteiger charge is 2.19. The Morgan fingerprint density at radius 1 is 1.43 bits per heavy atom. The average Bonchev–Trinajstić information content (AvgIpc) is 3.13. The Labute approximate surface area is 164 Å². The summed E-state index contributed by atoms with van der Waals surface area (Å²) in [6.45, 7) is 4.43. The van der Waals surface area contributed by atoms with Gasteiger partial charge in [-0.05, 0) is 13.0 Å². The summed E-state index contributed by atoms with van der Waals surface area (Å²) >= 11 is 1.30. The molecule has 4 rings (SSSR count). The Morgan fingerprint density at radius 2 is 2.29 bits per heavy atom. The minimum atomic E-state index is -0.309. The number of amides is 1. The second-order valence-electron chi connectivity index (χ2n) is 6.57. The first-order chi connectivity index (χ1) is 13.5. The van der Waals surface area contributed by atoms with Gasteiger partial charge in [-0.1, -0.05) is 11.3 Å². The monoisotopic (exact) mass is 400 g/mol. The van der Waals surface area contributed by atoms with E-state index in [-0.39, 0.29) is 18.0 Å². The maximum absolute atomic E-state index is 12.6. The number of aromatic nitrogens is 4. The van der Waals surface area contributed by atoms with Gasteiger partial charge in [-0.2, -0.15) is 9.61 Å². The van der Waals surface area contributed by atoms with Gasteiger partial charge in [0.15, 0.2) is 0 Å². The number of nitrogens with one attached hydrogen (secondary N) is 2. The number of hydrogen-bond acceptors (Lipinski definition) is 9. The van der Waals surface area contributed by atoms with Gasteiger partial charge in [-0.25, -0.2) is 4.98 Å². The van der Waals surface area contributed by atoms with Crippen molar-refractivity contribution in [1.29, 1.82) is 0 Å². The van der Waals surface area contributed by atoms with E-state index in [2.05, 4.69) is 37.5 Å². The Hall–Kier alpha value is -2.89. The second kappa shape index (κ2) is 7.62. The van der Waals surface area contributed by atoms with Crippen LogP contribution in [0.4, 0.5) is 11.5 Å². The molecule has 3 aromatic rings. The van der Waals surface area contributed by atoms with Crippen molar-refractivity contribution in [3.63, 3.8) is 0 Å². The van der Waals surface area contributed by atoms with Crippen molar-refractivity contribution >= 4 is 33.7 Å². The standard InChI is InChI=1S/C17H20N8O2S/c1-10-9-24(3-2-20-10)13-5-15(27)25-17(22-13)28-16(23-25)11-4-12(8-19-7-11)21-14(26)6-18/h4-5,7-8,10,20H,2-3,6,9,18H2,1H3,(H,21,26). The number of anilines is 2. The van der Waals surface area contributed by atoms with Crippen LogP contribution in [0.2, 0.25) is 0 Å². The zero-order valence-corrected chi connectivity index (χ0v) is 16.1. The van der Waals surface area contributed by atoms with Crippen LogP contribution in [0, 0.1) is 0 Å². The van der Waals surface area contributed by atoms with Gasteiger partial charge >= 0.3 is 0 Å². The number of fused-ring (bicyclic) bond motifs is 1. The van der Waals surface area contributed by atoms with Crippen molar-refractivity contribution in [3.05, 3.63) is 34.9 Å². The van der Waals surface area contributed by atoms with Gasteiger partial charge in [-0.15, -0.1) is 0 Å². The molecule has 146 valence electrons. The zero-order chi connectivity index (χ0) is 19.7. The van der Waals surface area contributed by atoms with Crippen LogP contribution in [0.15, 0.2) is 29.3 Å². The number of carbonyl (C=O) groups is 1. The first-order valence-corrected chi connectivity index (χ1v) is 9.70. The third kappa shape index (κ3) is 3.72. The Bertz CT molecular complexity index is 1080. The molecule has 1 saturated heterocycles. The van der Waals surface area contributed by atoms with Gasteiger partial charge in [0, 0.05) is 43.5 Å². The molecule has 0 radical (unpaired) electrons. The van der Waals surface area contributed by atoms with Crippen molar-refractivity contribution in [2.75, 3.05) is 36.4 Å². The lowest BCUT2D eigenvalue weighted by Gasteiger charge is -2.32. The van der Waals surface area contributed by atoms with Crippen LogP contribution in [-0.2, 0) is 4.79 Å². The summed E-state index contributed by atoms with van der Waals surface area (Å²) < 4.78 is 1.29. The molecule has 0 saturated carbocycles. The molecule has 1 unspecified atom stereocenters. The number of pyridine rings is 1. The van der Waals surface area contributed by atoms with E-state index in [4.69, 9.17) is 5.73 Å². The fraction of sp³-hybridized carbons (Fsp3) is 0.353. The van der Waals surface area contributed by atoms with E-state index in [1.54, 1.807) is 12.3 Å². The summed E-state index contributed by atoms with van der Waals surface area (Å²) in [5.41, 5.74) is 6.30. The fourth-order valence-electron chi connectivity index (χ4n) is 3.06.